The average Bonchev–Trinajstić information content (AvgIpc) is 3.48. The molecular formula is C26H26FN3O3. The smallest absolute Gasteiger partial charge is 0.339 e. The minimum absolute atomic E-state index is 0.0832. The maximum absolute atomic E-state index is 14.9. The van der Waals surface area contributed by atoms with Crippen LogP contribution in [0.15, 0.2) is 36.4 Å². The van der Waals surface area contributed by atoms with Crippen LogP contribution >= 0.6 is 0 Å². The van der Waals surface area contributed by atoms with Gasteiger partial charge in [0, 0.05) is 18.0 Å². The van der Waals surface area contributed by atoms with Crippen LogP contribution in [0.3, 0.4) is 0 Å². The van der Waals surface area contributed by atoms with Gasteiger partial charge in [0.2, 0.25) is 5.91 Å². The number of carbonyl (C=O) groups is 2. The van der Waals surface area contributed by atoms with E-state index in [1.165, 1.54) is 6.07 Å². The van der Waals surface area contributed by atoms with Crippen molar-refractivity contribution in [3.8, 4) is 17.2 Å². The van der Waals surface area contributed by atoms with Crippen LogP contribution in [0.2, 0.25) is 0 Å². The van der Waals surface area contributed by atoms with E-state index in [9.17, 15) is 19.2 Å². The lowest BCUT2D eigenvalue weighted by Crippen LogP contribution is -2.50. The summed E-state index contributed by atoms with van der Waals surface area (Å²) in [6, 6.07) is 11.6. The van der Waals surface area contributed by atoms with Crippen LogP contribution in [0, 0.1) is 23.1 Å². The van der Waals surface area contributed by atoms with Gasteiger partial charge in [-0.2, -0.15) is 5.26 Å². The second-order valence-electron chi connectivity index (χ2n) is 9.78. The number of benzene rings is 2. The summed E-state index contributed by atoms with van der Waals surface area (Å²) in [5.74, 6) is -0.700. The van der Waals surface area contributed by atoms with Crippen molar-refractivity contribution in [3.63, 3.8) is 0 Å². The highest BCUT2D eigenvalue weighted by Gasteiger charge is 2.43. The van der Waals surface area contributed by atoms with Crippen molar-refractivity contribution in [1.29, 1.82) is 5.26 Å². The normalized spacial score (nSPS) is 25.3. The number of hydrogen-bond donors (Lipinski definition) is 2. The van der Waals surface area contributed by atoms with Crippen LogP contribution in [0.1, 0.15) is 54.6 Å². The Morgan fingerprint density at radius 2 is 2.03 bits per heavy atom. The summed E-state index contributed by atoms with van der Waals surface area (Å²) in [4.78, 5) is 24.8. The lowest BCUT2D eigenvalue weighted by atomic mass is 9.92. The Labute approximate surface area is 192 Å². The Kier molecular flexibility index (Phi) is 5.21. The first kappa shape index (κ1) is 21.6. The van der Waals surface area contributed by atoms with Gasteiger partial charge >= 0.3 is 5.97 Å². The van der Waals surface area contributed by atoms with Gasteiger partial charge in [-0.1, -0.05) is 24.3 Å². The van der Waals surface area contributed by atoms with Gasteiger partial charge in [0.25, 0.3) is 0 Å². The topological polar surface area (TPSA) is 91.2 Å². The predicted molar refractivity (Wildman–Crippen MR) is 120 cm³/mol. The average molecular weight is 448 g/mol. The number of hydrogen-bond acceptors (Lipinski definition) is 5. The van der Waals surface area contributed by atoms with E-state index < -0.39 is 17.5 Å². The molecule has 4 atom stereocenters. The molecule has 1 aliphatic carbocycles. The van der Waals surface area contributed by atoms with Gasteiger partial charge in [-0.3, -0.25) is 4.79 Å². The lowest BCUT2D eigenvalue weighted by molar-refractivity contribution is -0.124. The Morgan fingerprint density at radius 1 is 1.27 bits per heavy atom. The van der Waals surface area contributed by atoms with Crippen LogP contribution in [0.4, 0.5) is 4.39 Å². The minimum atomic E-state index is -0.809. The van der Waals surface area contributed by atoms with Crippen LogP contribution in [0.5, 0.6) is 0 Å². The molecule has 170 valence electrons. The van der Waals surface area contributed by atoms with Gasteiger partial charge in [-0.05, 0) is 67.9 Å². The molecule has 0 aromatic heterocycles. The van der Waals surface area contributed by atoms with Crippen molar-refractivity contribution in [2.24, 2.45) is 5.92 Å². The molecular weight excluding hydrogens is 421 g/mol. The fourth-order valence-corrected chi connectivity index (χ4v) is 5.41. The van der Waals surface area contributed by atoms with E-state index in [0.717, 1.165) is 24.8 Å². The number of nitrogens with one attached hydrogen (secondary N) is 2. The third kappa shape index (κ3) is 3.89. The predicted octanol–water partition coefficient (Wildman–Crippen LogP) is 3.59. The summed E-state index contributed by atoms with van der Waals surface area (Å²) in [5.41, 5.74) is 2.31. The molecule has 0 radical (unpaired) electrons. The zero-order valence-corrected chi connectivity index (χ0v) is 18.7. The fraction of sp³-hybridized carbons (Fsp3) is 0.423. The molecule has 2 N–H and O–H groups in total. The van der Waals surface area contributed by atoms with Gasteiger partial charge in [-0.25, -0.2) is 9.18 Å². The Hall–Kier alpha value is -3.24. The second kappa shape index (κ2) is 7.96. The SMILES string of the molecule is CC1(C)OC(=O)c2cc(-c3ccc(C[C@@H](C#N)NC(=O)C4NC5CCC4C5)c(F)c3)ccc21. The molecule has 2 aliphatic heterocycles. The summed E-state index contributed by atoms with van der Waals surface area (Å²) in [6.07, 6.45) is 3.21. The van der Waals surface area contributed by atoms with Crippen molar-refractivity contribution < 1.29 is 18.7 Å². The third-order valence-electron chi connectivity index (χ3n) is 7.16. The summed E-state index contributed by atoms with van der Waals surface area (Å²) in [7, 11) is 0. The maximum atomic E-state index is 14.9. The molecule has 3 aliphatic rings. The van der Waals surface area contributed by atoms with Gasteiger partial charge in [-0.15, -0.1) is 0 Å². The number of piperidine rings is 1. The summed E-state index contributed by atoms with van der Waals surface area (Å²) in [6.45, 7) is 3.67. The Balaban J connectivity index is 1.30. The number of esters is 1. The van der Waals surface area contributed by atoms with Crippen LogP contribution in [-0.2, 0) is 21.6 Å². The van der Waals surface area contributed by atoms with E-state index in [1.807, 2.05) is 26.0 Å². The highest BCUT2D eigenvalue weighted by molar-refractivity contribution is 5.96. The standard InChI is InChI=1S/C26H26FN3O3/c1-26(2)21-8-6-14(11-20(21)25(32)33-26)15-3-4-16(22(27)12-15)9-19(13-28)30-24(31)23-17-5-7-18(10-17)29-23/h3-4,6,8,11-12,17-19,23,29H,5,7,9-10H2,1-2H3,(H,30,31)/t17?,18?,19-,23?/m0/s1. The largest absolute Gasteiger partial charge is 0.451 e. The number of nitrogens with zero attached hydrogens (tertiary/aromatic N) is 1. The number of halogens is 1. The van der Waals surface area contributed by atoms with Crippen molar-refractivity contribution in [3.05, 3.63) is 58.9 Å². The van der Waals surface area contributed by atoms with E-state index in [-0.39, 0.29) is 24.3 Å². The molecule has 2 fully saturated rings. The van der Waals surface area contributed by atoms with E-state index in [1.54, 1.807) is 18.2 Å². The summed E-state index contributed by atoms with van der Waals surface area (Å²) in [5, 5.41) is 15.6. The molecule has 33 heavy (non-hydrogen) atoms. The fourth-order valence-electron chi connectivity index (χ4n) is 5.41. The Bertz CT molecular complexity index is 1190. The molecule has 5 rings (SSSR count). The number of cyclic esters (lactones) is 1. The molecule has 1 saturated heterocycles. The highest BCUT2D eigenvalue weighted by Crippen LogP contribution is 2.38. The first-order valence-corrected chi connectivity index (χ1v) is 11.4. The van der Waals surface area contributed by atoms with Gasteiger partial charge in [0.05, 0.1) is 17.7 Å². The molecule has 0 spiro atoms. The molecule has 7 heteroatoms. The molecule has 1 saturated carbocycles. The number of ether oxygens (including phenoxy) is 1. The van der Waals surface area contributed by atoms with Gasteiger partial charge in [0.15, 0.2) is 0 Å². The third-order valence-corrected chi connectivity index (χ3v) is 7.16. The minimum Gasteiger partial charge on any atom is -0.451 e. The highest BCUT2D eigenvalue weighted by atomic mass is 19.1. The number of fused-ring (bicyclic) bond motifs is 3. The number of amides is 1. The Morgan fingerprint density at radius 3 is 2.70 bits per heavy atom. The van der Waals surface area contributed by atoms with Crippen molar-refractivity contribution in [1.82, 2.24) is 10.6 Å². The van der Waals surface area contributed by atoms with Crippen LogP contribution < -0.4 is 10.6 Å². The zero-order valence-electron chi connectivity index (χ0n) is 18.7. The molecule has 2 aromatic carbocycles. The van der Waals surface area contributed by atoms with E-state index in [2.05, 4.69) is 16.7 Å². The van der Waals surface area contributed by atoms with Gasteiger partial charge < -0.3 is 15.4 Å². The first-order chi connectivity index (χ1) is 15.7. The summed E-state index contributed by atoms with van der Waals surface area (Å²) < 4.78 is 20.4. The monoisotopic (exact) mass is 447 g/mol. The summed E-state index contributed by atoms with van der Waals surface area (Å²) >= 11 is 0. The van der Waals surface area contributed by atoms with Crippen LogP contribution in [-0.4, -0.2) is 30.0 Å². The van der Waals surface area contributed by atoms with Crippen molar-refractivity contribution in [2.75, 3.05) is 0 Å². The first-order valence-electron chi connectivity index (χ1n) is 11.4. The number of rotatable bonds is 5. The quantitative estimate of drug-likeness (QED) is 0.684. The van der Waals surface area contributed by atoms with E-state index in [4.69, 9.17) is 4.74 Å². The number of carbonyl (C=O) groups excluding carboxylic acids is 2. The molecule has 6 nitrogen and oxygen atoms in total. The molecule has 3 unspecified atom stereocenters. The molecule has 2 aromatic rings. The lowest BCUT2D eigenvalue weighted by Gasteiger charge is -2.23. The zero-order chi connectivity index (χ0) is 23.3. The van der Waals surface area contributed by atoms with E-state index >= 15 is 0 Å². The van der Waals surface area contributed by atoms with Crippen molar-refractivity contribution in [2.45, 2.75) is 63.3 Å². The molecule has 2 heterocycles. The van der Waals surface area contributed by atoms with Crippen molar-refractivity contribution >= 4 is 11.9 Å². The molecule has 2 bridgehead atoms. The number of nitriles is 1. The molecule has 1 amide bonds. The second-order valence-corrected chi connectivity index (χ2v) is 9.78. The maximum Gasteiger partial charge on any atom is 0.339 e. The van der Waals surface area contributed by atoms with E-state index in [0.29, 0.717) is 34.2 Å². The van der Waals surface area contributed by atoms with Gasteiger partial charge in [0.1, 0.15) is 17.5 Å². The van der Waals surface area contributed by atoms with Crippen LogP contribution in [0.25, 0.3) is 11.1 Å².